The Morgan fingerprint density at radius 1 is 1.33 bits per heavy atom. The van der Waals surface area contributed by atoms with Crippen molar-refractivity contribution in [1.82, 2.24) is 0 Å². The predicted molar refractivity (Wildman–Crippen MR) is 54.8 cm³/mol. The van der Waals surface area contributed by atoms with Crippen molar-refractivity contribution in [2.75, 3.05) is 20.6 Å². The molecule has 0 unspecified atom stereocenters. The zero-order valence-electron chi connectivity index (χ0n) is 8.93. The normalized spacial score (nSPS) is 16.9. The van der Waals surface area contributed by atoms with Crippen LogP contribution >= 0.6 is 0 Å². The molecule has 0 saturated heterocycles. The van der Waals surface area contributed by atoms with E-state index in [-0.39, 0.29) is 0 Å². The lowest BCUT2D eigenvalue weighted by molar-refractivity contribution is -0.914. The molecule has 1 nitrogen and oxygen atoms in total. The van der Waals surface area contributed by atoms with E-state index in [1.165, 1.54) is 19.3 Å². The second-order valence-corrected chi connectivity index (χ2v) is 3.73. The molecular weight excluding hydrogens is 146 g/mol. The van der Waals surface area contributed by atoms with Gasteiger partial charge in [-0.05, 0) is 25.2 Å². The van der Waals surface area contributed by atoms with Crippen LogP contribution in [0.4, 0.5) is 0 Å². The quantitative estimate of drug-likeness (QED) is 0.438. The molecule has 0 aliphatic heterocycles. The van der Waals surface area contributed by atoms with Gasteiger partial charge in [-0.15, -0.1) is 6.42 Å². The first kappa shape index (κ1) is 11.5. The van der Waals surface area contributed by atoms with Gasteiger partial charge in [0, 0.05) is 0 Å². The van der Waals surface area contributed by atoms with Gasteiger partial charge in [0.05, 0.1) is 20.1 Å². The molecular formula is C11H22N+. The van der Waals surface area contributed by atoms with E-state index in [0.717, 1.165) is 17.1 Å². The molecule has 0 aromatic rings. The predicted octanol–water partition coefficient (Wildman–Crippen LogP) is 2.27. The summed E-state index contributed by atoms with van der Waals surface area (Å²) in [7, 11) is 4.45. The van der Waals surface area contributed by atoms with Gasteiger partial charge >= 0.3 is 0 Å². The number of rotatable bonds is 2. The third kappa shape index (κ3) is 2.87. The highest BCUT2D eigenvalue weighted by atomic mass is 15.3. The SMILES string of the molecule is C#CC[N+](C)(C)C1CCC1.CC. The number of hydrogen-bond donors (Lipinski definition) is 0. The fourth-order valence-corrected chi connectivity index (χ4v) is 1.45. The van der Waals surface area contributed by atoms with Crippen LogP contribution in [0.15, 0.2) is 0 Å². The van der Waals surface area contributed by atoms with Crippen LogP contribution in [-0.2, 0) is 0 Å². The van der Waals surface area contributed by atoms with E-state index >= 15 is 0 Å². The van der Waals surface area contributed by atoms with E-state index < -0.39 is 0 Å². The van der Waals surface area contributed by atoms with E-state index in [9.17, 15) is 0 Å². The molecule has 0 aromatic carbocycles. The van der Waals surface area contributed by atoms with Gasteiger partial charge in [-0.25, -0.2) is 0 Å². The first-order valence-corrected chi connectivity index (χ1v) is 4.93. The molecule has 0 spiro atoms. The van der Waals surface area contributed by atoms with Crippen molar-refractivity contribution in [1.29, 1.82) is 0 Å². The van der Waals surface area contributed by atoms with Crippen LogP contribution in [0.2, 0.25) is 0 Å². The van der Waals surface area contributed by atoms with Gasteiger partial charge in [-0.1, -0.05) is 13.8 Å². The van der Waals surface area contributed by atoms with Crippen molar-refractivity contribution in [2.45, 2.75) is 39.2 Å². The summed E-state index contributed by atoms with van der Waals surface area (Å²) in [5.74, 6) is 2.73. The summed E-state index contributed by atoms with van der Waals surface area (Å²) in [6.07, 6.45) is 9.40. The fourth-order valence-electron chi connectivity index (χ4n) is 1.45. The highest BCUT2D eigenvalue weighted by Crippen LogP contribution is 2.27. The van der Waals surface area contributed by atoms with Crippen molar-refractivity contribution in [2.24, 2.45) is 0 Å². The molecule has 0 atom stereocenters. The summed E-state index contributed by atoms with van der Waals surface area (Å²) in [6.45, 7) is 4.88. The molecule has 1 aliphatic carbocycles. The van der Waals surface area contributed by atoms with Crippen molar-refractivity contribution >= 4 is 0 Å². The van der Waals surface area contributed by atoms with Gasteiger partial charge in [0.1, 0.15) is 6.54 Å². The van der Waals surface area contributed by atoms with E-state index in [4.69, 9.17) is 6.42 Å². The lowest BCUT2D eigenvalue weighted by Crippen LogP contribution is -2.52. The molecule has 1 saturated carbocycles. The summed E-state index contributed by atoms with van der Waals surface area (Å²) in [6, 6.07) is 0.844. The van der Waals surface area contributed by atoms with Crippen molar-refractivity contribution < 1.29 is 4.48 Å². The first-order chi connectivity index (χ1) is 5.67. The average Bonchev–Trinajstić information content (AvgIpc) is 1.86. The zero-order valence-corrected chi connectivity index (χ0v) is 8.93. The average molecular weight is 168 g/mol. The second-order valence-electron chi connectivity index (χ2n) is 3.73. The highest BCUT2D eigenvalue weighted by molar-refractivity contribution is 4.85. The van der Waals surface area contributed by atoms with Gasteiger partial charge in [-0.2, -0.15) is 0 Å². The van der Waals surface area contributed by atoms with Gasteiger partial charge in [0.15, 0.2) is 0 Å². The standard InChI is InChI=1S/C9H16N.C2H6/c1-4-8-10(2,3)9-6-5-7-9;1-2/h1,9H,5-8H2,2-3H3;1-2H3/q+1;. The molecule has 70 valence electrons. The summed E-state index contributed by atoms with van der Waals surface area (Å²) < 4.78 is 1.02. The topological polar surface area (TPSA) is 0 Å². The summed E-state index contributed by atoms with van der Waals surface area (Å²) in [4.78, 5) is 0. The summed E-state index contributed by atoms with van der Waals surface area (Å²) >= 11 is 0. The minimum absolute atomic E-state index is 0.844. The van der Waals surface area contributed by atoms with Crippen molar-refractivity contribution in [3.8, 4) is 12.3 Å². The van der Waals surface area contributed by atoms with Crippen LogP contribution < -0.4 is 0 Å². The Hall–Kier alpha value is -0.480. The molecule has 0 amide bonds. The van der Waals surface area contributed by atoms with E-state index in [0.29, 0.717) is 0 Å². The van der Waals surface area contributed by atoms with Gasteiger partial charge in [0.25, 0.3) is 0 Å². The number of quaternary nitrogens is 1. The highest BCUT2D eigenvalue weighted by Gasteiger charge is 2.32. The molecule has 0 bridgehead atoms. The lowest BCUT2D eigenvalue weighted by Gasteiger charge is -2.41. The summed E-state index contributed by atoms with van der Waals surface area (Å²) in [5, 5.41) is 0. The number of nitrogens with zero attached hydrogens (tertiary/aromatic N) is 1. The fraction of sp³-hybridized carbons (Fsp3) is 0.818. The van der Waals surface area contributed by atoms with Crippen LogP contribution in [-0.4, -0.2) is 31.2 Å². The van der Waals surface area contributed by atoms with Crippen LogP contribution in [0.3, 0.4) is 0 Å². The monoisotopic (exact) mass is 168 g/mol. The zero-order chi connectivity index (χ0) is 9.61. The molecule has 1 rings (SSSR count). The van der Waals surface area contributed by atoms with E-state index in [1.54, 1.807) is 0 Å². The summed E-state index contributed by atoms with van der Waals surface area (Å²) in [5.41, 5.74) is 0. The van der Waals surface area contributed by atoms with Crippen molar-refractivity contribution in [3.05, 3.63) is 0 Å². The first-order valence-electron chi connectivity index (χ1n) is 4.93. The molecule has 0 heterocycles. The maximum atomic E-state index is 5.27. The molecule has 1 fully saturated rings. The minimum atomic E-state index is 0.844. The maximum absolute atomic E-state index is 5.27. The Kier molecular flexibility index (Phi) is 5.01. The van der Waals surface area contributed by atoms with Gasteiger partial charge in [-0.3, -0.25) is 0 Å². The second kappa shape index (κ2) is 5.22. The van der Waals surface area contributed by atoms with E-state index in [1.807, 2.05) is 13.8 Å². The van der Waals surface area contributed by atoms with Crippen LogP contribution in [0.5, 0.6) is 0 Å². The number of hydrogen-bond acceptors (Lipinski definition) is 0. The minimum Gasteiger partial charge on any atom is -0.316 e. The van der Waals surface area contributed by atoms with Crippen LogP contribution in [0.25, 0.3) is 0 Å². The third-order valence-electron chi connectivity index (χ3n) is 2.56. The van der Waals surface area contributed by atoms with Crippen LogP contribution in [0.1, 0.15) is 33.1 Å². The Morgan fingerprint density at radius 2 is 1.83 bits per heavy atom. The maximum Gasteiger partial charge on any atom is 0.140 e. The Balaban J connectivity index is 0.000000561. The Labute approximate surface area is 77.4 Å². The van der Waals surface area contributed by atoms with Gasteiger partial charge < -0.3 is 4.48 Å². The smallest absolute Gasteiger partial charge is 0.140 e. The Bertz CT molecular complexity index is 149. The molecule has 0 N–H and O–H groups in total. The van der Waals surface area contributed by atoms with Gasteiger partial charge in [0.2, 0.25) is 0 Å². The molecule has 1 aliphatic rings. The molecule has 0 radical (unpaired) electrons. The molecule has 12 heavy (non-hydrogen) atoms. The lowest BCUT2D eigenvalue weighted by atomic mass is 9.90. The third-order valence-corrected chi connectivity index (χ3v) is 2.56. The van der Waals surface area contributed by atoms with Crippen molar-refractivity contribution in [3.63, 3.8) is 0 Å². The Morgan fingerprint density at radius 3 is 2.08 bits per heavy atom. The van der Waals surface area contributed by atoms with Crippen LogP contribution in [0, 0.1) is 12.3 Å². The molecule has 1 heteroatoms. The molecule has 0 aromatic heterocycles. The largest absolute Gasteiger partial charge is 0.316 e. The number of terminal acetylenes is 1. The van der Waals surface area contributed by atoms with E-state index in [2.05, 4.69) is 20.0 Å².